The molecule has 1 fully saturated rings. The van der Waals surface area contributed by atoms with Crippen LogP contribution >= 0.6 is 46.7 Å². The molecule has 1 saturated heterocycles. The number of hydrogen-bond acceptors (Lipinski definition) is 11. The summed E-state index contributed by atoms with van der Waals surface area (Å²) in [7, 11) is 0. The van der Waals surface area contributed by atoms with Crippen molar-refractivity contribution in [3.8, 4) is 11.5 Å². The molecule has 0 saturated carbocycles. The number of phenolic OH excluding ortho intramolecular Hbond substituents is 2. The average Bonchev–Trinajstić information content (AvgIpc) is 3.08. The van der Waals surface area contributed by atoms with Crippen LogP contribution < -0.4 is 0 Å². The van der Waals surface area contributed by atoms with E-state index >= 15 is 0 Å². The first-order chi connectivity index (χ1) is 23.0. The number of aromatic hydroxyl groups is 2. The maximum absolute atomic E-state index is 10.6. The Balaban J connectivity index is 1.16. The van der Waals surface area contributed by atoms with E-state index in [0.29, 0.717) is 73.8 Å². The summed E-state index contributed by atoms with van der Waals surface area (Å²) < 4.78 is 17.8. The normalized spacial score (nSPS) is 18.3. The van der Waals surface area contributed by atoms with Gasteiger partial charge in [0, 0.05) is 85.4 Å². The lowest BCUT2D eigenvalue weighted by atomic mass is 10.1. The van der Waals surface area contributed by atoms with Gasteiger partial charge in [-0.3, -0.25) is 19.8 Å². The molecule has 47 heavy (non-hydrogen) atoms. The van der Waals surface area contributed by atoms with Gasteiger partial charge in [0.25, 0.3) is 0 Å². The van der Waals surface area contributed by atoms with E-state index in [1.165, 1.54) is 0 Å². The lowest BCUT2D eigenvalue weighted by Gasteiger charge is -2.24. The first-order valence-corrected chi connectivity index (χ1v) is 18.9. The van der Waals surface area contributed by atoms with Gasteiger partial charge in [0.2, 0.25) is 0 Å². The largest absolute Gasteiger partial charge is 0.506 e. The van der Waals surface area contributed by atoms with Crippen molar-refractivity contribution in [1.82, 2.24) is 19.8 Å². The van der Waals surface area contributed by atoms with E-state index in [2.05, 4.69) is 19.8 Å². The minimum absolute atomic E-state index is 0.136. The van der Waals surface area contributed by atoms with Crippen LogP contribution in [0, 0.1) is 0 Å². The molecule has 1 aliphatic heterocycles. The molecule has 0 bridgehead atoms. The highest BCUT2D eigenvalue weighted by atomic mass is 35.5. The molecule has 0 aliphatic carbocycles. The zero-order valence-electron chi connectivity index (χ0n) is 26.4. The van der Waals surface area contributed by atoms with E-state index in [9.17, 15) is 10.2 Å². The summed E-state index contributed by atoms with van der Waals surface area (Å²) in [6.45, 7) is 7.87. The van der Waals surface area contributed by atoms with Gasteiger partial charge >= 0.3 is 0 Å². The topological polar surface area (TPSA) is 100 Å². The second kappa shape index (κ2) is 19.2. The number of pyridine rings is 2. The van der Waals surface area contributed by atoms with Gasteiger partial charge in [-0.25, -0.2) is 0 Å². The van der Waals surface area contributed by atoms with Gasteiger partial charge < -0.3 is 24.4 Å². The summed E-state index contributed by atoms with van der Waals surface area (Å²) in [6.07, 6.45) is 3.31. The van der Waals surface area contributed by atoms with Crippen LogP contribution in [0.15, 0.2) is 48.8 Å². The maximum Gasteiger partial charge on any atom is 0.142 e. The fraction of sp³-hybridized carbons (Fsp3) is 0.471. The van der Waals surface area contributed by atoms with Crippen LogP contribution in [0.25, 0.3) is 21.8 Å². The molecule has 2 N–H and O–H groups in total. The van der Waals surface area contributed by atoms with Crippen LogP contribution in [-0.4, -0.2) is 119 Å². The molecule has 3 heterocycles. The monoisotopic (exact) mass is 720 g/mol. The van der Waals surface area contributed by atoms with Crippen LogP contribution in [0.3, 0.4) is 0 Å². The smallest absolute Gasteiger partial charge is 0.142 e. The third-order valence-electron chi connectivity index (χ3n) is 7.87. The van der Waals surface area contributed by atoms with E-state index in [1.807, 2.05) is 47.8 Å². The van der Waals surface area contributed by atoms with E-state index in [-0.39, 0.29) is 11.5 Å². The van der Waals surface area contributed by atoms with Crippen molar-refractivity contribution in [1.29, 1.82) is 0 Å². The standard InChI is InChI=1S/C34H42Cl2N4O5S2/c35-31-25(21-29(41)33-27(31)3-1-5-37-33)23-39-7-11-43-13-14-44-12-8-40(10-18-47-20-16-45-15-19-46-17-9-39)24-26-22-30(42)34-28(32(26)36)4-2-6-38-34/h1-6,21-22,41-42H,7-20,23-24H2. The summed E-state index contributed by atoms with van der Waals surface area (Å²) in [6, 6.07) is 10.9. The molecule has 0 radical (unpaired) electrons. The highest BCUT2D eigenvalue weighted by Crippen LogP contribution is 2.34. The first-order valence-electron chi connectivity index (χ1n) is 15.8. The number of rotatable bonds is 4. The number of fused-ring (bicyclic) bond motifs is 2. The van der Waals surface area contributed by atoms with Crippen molar-refractivity contribution >= 4 is 68.5 Å². The summed E-state index contributed by atoms with van der Waals surface area (Å²) in [5, 5.41) is 23.9. The fourth-order valence-electron chi connectivity index (χ4n) is 5.40. The van der Waals surface area contributed by atoms with Crippen molar-refractivity contribution in [2.24, 2.45) is 0 Å². The number of hydrogen-bond donors (Lipinski definition) is 2. The molecule has 5 rings (SSSR count). The lowest BCUT2D eigenvalue weighted by Crippen LogP contribution is -2.31. The maximum atomic E-state index is 10.6. The number of thioether (sulfide) groups is 2. The zero-order valence-corrected chi connectivity index (χ0v) is 29.6. The van der Waals surface area contributed by atoms with Gasteiger partial charge in [0.15, 0.2) is 0 Å². The van der Waals surface area contributed by atoms with Crippen molar-refractivity contribution in [2.45, 2.75) is 13.1 Å². The Morgan fingerprint density at radius 3 is 1.53 bits per heavy atom. The van der Waals surface area contributed by atoms with Crippen LogP contribution in [0.1, 0.15) is 11.1 Å². The molecular formula is C34H42Cl2N4O5S2. The number of halogens is 2. The van der Waals surface area contributed by atoms with E-state index in [1.54, 1.807) is 24.5 Å². The van der Waals surface area contributed by atoms with E-state index in [0.717, 1.165) is 71.1 Å². The predicted octanol–water partition coefficient (Wildman–Crippen LogP) is 6.34. The molecule has 0 unspecified atom stereocenters. The van der Waals surface area contributed by atoms with Gasteiger partial charge in [0.1, 0.15) is 22.5 Å². The van der Waals surface area contributed by atoms with Crippen molar-refractivity contribution in [2.75, 3.05) is 88.8 Å². The third-order valence-corrected chi connectivity index (χ3v) is 10.6. The Kier molecular flexibility index (Phi) is 14.8. The summed E-state index contributed by atoms with van der Waals surface area (Å²) in [4.78, 5) is 13.2. The molecule has 1 aliphatic rings. The Bertz CT molecular complexity index is 1470. The van der Waals surface area contributed by atoms with Crippen molar-refractivity contribution in [3.63, 3.8) is 0 Å². The number of aromatic nitrogens is 2. The molecular weight excluding hydrogens is 679 g/mol. The number of phenols is 2. The minimum Gasteiger partial charge on any atom is -0.506 e. The van der Waals surface area contributed by atoms with Crippen LogP contribution in [0.2, 0.25) is 10.0 Å². The summed E-state index contributed by atoms with van der Waals surface area (Å²) in [5.41, 5.74) is 2.76. The van der Waals surface area contributed by atoms with Crippen LogP contribution in [0.4, 0.5) is 0 Å². The van der Waals surface area contributed by atoms with E-state index in [4.69, 9.17) is 37.4 Å². The first kappa shape index (κ1) is 36.2. The molecule has 2 aromatic heterocycles. The SMILES string of the molecule is Oc1cc(CN2CCOCCOCCN(Cc3cc(O)c4ncccc4c3Cl)CCSCCOCCSCC2)c(Cl)c2cccnc12. The van der Waals surface area contributed by atoms with Gasteiger partial charge in [-0.1, -0.05) is 23.2 Å². The summed E-state index contributed by atoms with van der Waals surface area (Å²) in [5.74, 6) is 4.03. The molecule has 0 spiro atoms. The molecule has 0 atom stereocenters. The molecule has 4 aromatic rings. The van der Waals surface area contributed by atoms with Crippen molar-refractivity contribution in [3.05, 3.63) is 70.0 Å². The van der Waals surface area contributed by atoms with Gasteiger partial charge in [-0.05, 0) is 47.5 Å². The highest BCUT2D eigenvalue weighted by molar-refractivity contribution is 7.99. The molecule has 254 valence electrons. The molecule has 0 amide bonds. The predicted molar refractivity (Wildman–Crippen MR) is 194 cm³/mol. The lowest BCUT2D eigenvalue weighted by molar-refractivity contribution is 0.0309. The second-order valence-electron chi connectivity index (χ2n) is 11.2. The summed E-state index contributed by atoms with van der Waals surface area (Å²) >= 11 is 17.3. The number of benzene rings is 2. The Morgan fingerprint density at radius 1 is 0.617 bits per heavy atom. The Morgan fingerprint density at radius 2 is 1.06 bits per heavy atom. The van der Waals surface area contributed by atoms with E-state index < -0.39 is 0 Å². The number of nitrogens with zero attached hydrogens (tertiary/aromatic N) is 4. The minimum atomic E-state index is 0.136. The van der Waals surface area contributed by atoms with Crippen molar-refractivity contribution < 1.29 is 24.4 Å². The third kappa shape index (κ3) is 10.7. The quantitative estimate of drug-likeness (QED) is 0.247. The van der Waals surface area contributed by atoms with Crippen LogP contribution in [0.5, 0.6) is 11.5 Å². The van der Waals surface area contributed by atoms with Gasteiger partial charge in [-0.15, -0.1) is 0 Å². The Hall–Kier alpha value is -2.06. The zero-order chi connectivity index (χ0) is 32.8. The molecule has 2 aromatic carbocycles. The molecule has 13 heteroatoms. The fourth-order valence-corrected chi connectivity index (χ4v) is 7.59. The average molecular weight is 722 g/mol. The highest BCUT2D eigenvalue weighted by Gasteiger charge is 2.16. The van der Waals surface area contributed by atoms with Gasteiger partial charge in [0.05, 0.1) is 49.7 Å². The van der Waals surface area contributed by atoms with Crippen LogP contribution in [-0.2, 0) is 27.3 Å². The molecule has 9 nitrogen and oxygen atoms in total. The van der Waals surface area contributed by atoms with Gasteiger partial charge in [-0.2, -0.15) is 23.5 Å². The number of ether oxygens (including phenoxy) is 3. The Labute approximate surface area is 294 Å². The second-order valence-corrected chi connectivity index (χ2v) is 14.4.